The first-order valence-electron chi connectivity index (χ1n) is 12.3. The first-order valence-corrected chi connectivity index (χ1v) is 13.4. The third-order valence-electron chi connectivity index (χ3n) is 6.99. The number of benzene rings is 1. The fraction of sp³-hybridized carbons (Fsp3) is 0.536. The third-order valence-corrected chi connectivity index (χ3v) is 7.71. The fourth-order valence-electron chi connectivity index (χ4n) is 5.21. The number of aromatic nitrogens is 2. The summed E-state index contributed by atoms with van der Waals surface area (Å²) in [6, 6.07) is 8.60. The van der Waals surface area contributed by atoms with Gasteiger partial charge in [-0.15, -0.1) is 11.8 Å². The molecule has 1 saturated carbocycles. The molecule has 0 bridgehead atoms. The Morgan fingerprint density at radius 1 is 1.28 bits per heavy atom. The second-order valence-electron chi connectivity index (χ2n) is 9.11. The largest absolute Gasteiger partial charge is 0.393 e. The van der Waals surface area contributed by atoms with Gasteiger partial charge in [0.15, 0.2) is 0 Å². The van der Waals surface area contributed by atoms with Crippen LogP contribution in [0.25, 0.3) is 11.8 Å². The second-order valence-corrected chi connectivity index (χ2v) is 10.3. The lowest BCUT2D eigenvalue weighted by molar-refractivity contribution is 0.0851. The van der Waals surface area contributed by atoms with Gasteiger partial charge >= 0.3 is 0 Å². The number of nitrogens with zero attached hydrogens (tertiary/aromatic N) is 2. The molecule has 3 atom stereocenters. The van der Waals surface area contributed by atoms with Crippen LogP contribution in [-0.2, 0) is 6.42 Å². The standard InChI is InChI=1S/C26H34N2OS.C2H6/c1-4-30-14-6-9-24(29)15-21-7-5-8-22-16-25-20(17-26(21,22)3)18-27-28(25)23-12-10-19(2)11-13-23;1-2/h6,10-14,16,18,21,24,29H,4-5,7-9,15,17H2,1-3H3;1-2H3/b14-6-;. The number of allylic oxidation sites excluding steroid dienone is 1. The number of hydrogen-bond donors (Lipinski definition) is 1. The van der Waals surface area contributed by atoms with Gasteiger partial charge in [0.2, 0.25) is 0 Å². The second kappa shape index (κ2) is 11.4. The maximum Gasteiger partial charge on any atom is 0.0700 e. The van der Waals surface area contributed by atoms with Gasteiger partial charge in [0.25, 0.3) is 0 Å². The van der Waals surface area contributed by atoms with Crippen molar-refractivity contribution < 1.29 is 5.11 Å². The number of aliphatic hydroxyl groups excluding tert-OH is 1. The Morgan fingerprint density at radius 2 is 2.03 bits per heavy atom. The van der Waals surface area contributed by atoms with Crippen LogP contribution >= 0.6 is 11.8 Å². The lowest BCUT2D eigenvalue weighted by Gasteiger charge is -2.46. The highest BCUT2D eigenvalue weighted by molar-refractivity contribution is 8.02. The summed E-state index contributed by atoms with van der Waals surface area (Å²) in [7, 11) is 0. The number of rotatable bonds is 7. The summed E-state index contributed by atoms with van der Waals surface area (Å²) in [5.74, 6) is 1.61. The van der Waals surface area contributed by atoms with Gasteiger partial charge in [-0.1, -0.05) is 57.0 Å². The summed E-state index contributed by atoms with van der Waals surface area (Å²) in [6.45, 7) is 10.7. The van der Waals surface area contributed by atoms with Gasteiger partial charge in [-0.3, -0.25) is 0 Å². The fourth-order valence-corrected chi connectivity index (χ4v) is 5.65. The molecule has 174 valence electrons. The van der Waals surface area contributed by atoms with Crippen LogP contribution in [-0.4, -0.2) is 26.7 Å². The van der Waals surface area contributed by atoms with E-state index >= 15 is 0 Å². The van der Waals surface area contributed by atoms with Crippen molar-refractivity contribution in [1.82, 2.24) is 9.78 Å². The summed E-state index contributed by atoms with van der Waals surface area (Å²) in [6.07, 6.45) is 12.6. The average Bonchev–Trinajstić information content (AvgIpc) is 3.20. The summed E-state index contributed by atoms with van der Waals surface area (Å²) in [5.41, 5.74) is 6.65. The molecule has 1 aromatic heterocycles. The van der Waals surface area contributed by atoms with E-state index in [0.29, 0.717) is 5.92 Å². The molecule has 0 aliphatic heterocycles. The average molecular weight is 453 g/mol. The van der Waals surface area contributed by atoms with E-state index in [0.717, 1.165) is 37.1 Å². The molecule has 0 spiro atoms. The number of thioether (sulfide) groups is 1. The molecule has 2 aromatic rings. The van der Waals surface area contributed by atoms with Crippen LogP contribution in [0, 0.1) is 18.3 Å². The minimum Gasteiger partial charge on any atom is -0.393 e. The lowest BCUT2D eigenvalue weighted by atomic mass is 9.58. The zero-order valence-corrected chi connectivity index (χ0v) is 21.3. The van der Waals surface area contributed by atoms with Crippen molar-refractivity contribution in [3.63, 3.8) is 0 Å². The van der Waals surface area contributed by atoms with Crippen molar-refractivity contribution in [1.29, 1.82) is 0 Å². The van der Waals surface area contributed by atoms with Gasteiger partial charge in [-0.25, -0.2) is 4.68 Å². The van der Waals surface area contributed by atoms with Crippen LogP contribution in [0.15, 0.2) is 47.5 Å². The predicted octanol–water partition coefficient (Wildman–Crippen LogP) is 7.36. The number of aliphatic hydroxyl groups is 1. The normalized spacial score (nSPS) is 23.1. The minimum absolute atomic E-state index is 0.134. The van der Waals surface area contributed by atoms with Crippen molar-refractivity contribution in [2.75, 3.05) is 5.75 Å². The lowest BCUT2D eigenvalue weighted by Crippen LogP contribution is -2.38. The van der Waals surface area contributed by atoms with Crippen LogP contribution < -0.4 is 0 Å². The van der Waals surface area contributed by atoms with Gasteiger partial charge in [-0.2, -0.15) is 5.10 Å². The molecule has 0 amide bonds. The van der Waals surface area contributed by atoms with E-state index in [1.165, 1.54) is 29.7 Å². The maximum atomic E-state index is 10.7. The van der Waals surface area contributed by atoms with Crippen molar-refractivity contribution in [3.8, 4) is 5.69 Å². The van der Waals surface area contributed by atoms with Crippen molar-refractivity contribution in [2.24, 2.45) is 11.3 Å². The monoisotopic (exact) mass is 452 g/mol. The highest BCUT2D eigenvalue weighted by Crippen LogP contribution is 2.52. The maximum absolute atomic E-state index is 10.7. The Bertz CT molecular complexity index is 927. The Hall–Kier alpha value is -1.78. The quantitative estimate of drug-likeness (QED) is 0.477. The van der Waals surface area contributed by atoms with E-state index < -0.39 is 0 Å². The van der Waals surface area contributed by atoms with Crippen molar-refractivity contribution >= 4 is 17.8 Å². The van der Waals surface area contributed by atoms with E-state index in [-0.39, 0.29) is 11.5 Å². The summed E-state index contributed by atoms with van der Waals surface area (Å²) >= 11 is 1.80. The summed E-state index contributed by atoms with van der Waals surface area (Å²) in [5, 5.41) is 17.5. The SMILES string of the molecule is CC.CCS/C=C\CC(O)CC1CCCC2=Cc3c(cnn3-c3ccc(C)cc3)CC21C. The zero-order valence-electron chi connectivity index (χ0n) is 20.5. The minimum atomic E-state index is -0.253. The van der Waals surface area contributed by atoms with Gasteiger partial charge in [-0.05, 0) is 91.7 Å². The predicted molar refractivity (Wildman–Crippen MR) is 139 cm³/mol. The molecular formula is C28H40N2OS. The van der Waals surface area contributed by atoms with Crippen molar-refractivity contribution in [3.05, 3.63) is 64.3 Å². The molecular weight excluding hydrogens is 412 g/mol. The molecule has 2 aliphatic carbocycles. The van der Waals surface area contributed by atoms with Gasteiger partial charge in [0, 0.05) is 0 Å². The molecule has 2 aliphatic rings. The Labute approximate surface area is 199 Å². The van der Waals surface area contributed by atoms with E-state index in [4.69, 9.17) is 5.10 Å². The van der Waals surface area contributed by atoms with E-state index in [9.17, 15) is 5.11 Å². The highest BCUT2D eigenvalue weighted by atomic mass is 32.2. The van der Waals surface area contributed by atoms with Crippen LogP contribution in [0.3, 0.4) is 0 Å². The first-order chi connectivity index (χ1) is 15.5. The molecule has 1 fully saturated rings. The molecule has 0 radical (unpaired) electrons. The molecule has 1 heterocycles. The van der Waals surface area contributed by atoms with Gasteiger partial charge in [0.05, 0.1) is 23.7 Å². The molecule has 3 nitrogen and oxygen atoms in total. The smallest absolute Gasteiger partial charge is 0.0700 e. The molecule has 4 heteroatoms. The number of aryl methyl sites for hydroxylation is 1. The van der Waals surface area contributed by atoms with Crippen molar-refractivity contribution in [2.45, 2.75) is 79.2 Å². The Morgan fingerprint density at radius 3 is 2.75 bits per heavy atom. The number of fused-ring (bicyclic) bond motifs is 2. The molecule has 1 N–H and O–H groups in total. The molecule has 0 saturated heterocycles. The Kier molecular flexibility index (Phi) is 8.84. The topological polar surface area (TPSA) is 38.1 Å². The third kappa shape index (κ3) is 5.40. The molecule has 32 heavy (non-hydrogen) atoms. The zero-order chi connectivity index (χ0) is 23.1. The van der Waals surface area contributed by atoms with Crippen LogP contribution in [0.1, 0.15) is 76.6 Å². The van der Waals surface area contributed by atoms with Crippen LogP contribution in [0.5, 0.6) is 0 Å². The van der Waals surface area contributed by atoms with E-state index in [2.05, 4.69) is 73.5 Å². The number of hydrogen-bond acceptors (Lipinski definition) is 3. The highest BCUT2D eigenvalue weighted by Gasteiger charge is 2.43. The molecule has 3 unspecified atom stereocenters. The van der Waals surface area contributed by atoms with Gasteiger partial charge in [0.1, 0.15) is 0 Å². The van der Waals surface area contributed by atoms with Crippen LogP contribution in [0.2, 0.25) is 0 Å². The summed E-state index contributed by atoms with van der Waals surface area (Å²) < 4.78 is 2.09. The summed E-state index contributed by atoms with van der Waals surface area (Å²) in [4.78, 5) is 0. The van der Waals surface area contributed by atoms with Crippen LogP contribution in [0.4, 0.5) is 0 Å². The van der Waals surface area contributed by atoms with Gasteiger partial charge < -0.3 is 5.11 Å². The first kappa shape index (κ1) is 24.9. The van der Waals surface area contributed by atoms with E-state index in [1.54, 1.807) is 17.3 Å². The molecule has 1 aromatic carbocycles. The van der Waals surface area contributed by atoms with E-state index in [1.807, 2.05) is 13.8 Å². The Balaban J connectivity index is 0.00000141. The molecule has 4 rings (SSSR count).